The normalized spacial score (nSPS) is 11.3. The number of halogens is 2. The van der Waals surface area contributed by atoms with Crippen molar-refractivity contribution in [1.82, 2.24) is 9.97 Å². The number of carbonyl (C=O) groups is 1. The van der Waals surface area contributed by atoms with Crippen molar-refractivity contribution in [2.75, 3.05) is 7.11 Å². The molecule has 1 heterocycles. The molecule has 0 spiro atoms. The number of rotatable bonds is 3. The molecule has 0 fully saturated rings. The topological polar surface area (TPSA) is 52.1 Å². The van der Waals surface area contributed by atoms with Crippen LogP contribution in [-0.4, -0.2) is 23.0 Å². The van der Waals surface area contributed by atoms with Gasteiger partial charge in [0.25, 0.3) is 5.92 Å². The molecule has 0 unspecified atom stereocenters. The standard InChI is InChI=1S/C15H14F2N2O2/c1-9-13(14(20)21-3)19-12(8-18-9)10-5-4-6-11(7-10)15(2,16)17/h4-8H,1-3H3. The molecule has 0 saturated carbocycles. The van der Waals surface area contributed by atoms with E-state index in [2.05, 4.69) is 14.7 Å². The first kappa shape index (κ1) is 15.0. The third-order valence-corrected chi connectivity index (χ3v) is 3.00. The van der Waals surface area contributed by atoms with Crippen molar-refractivity contribution in [3.05, 3.63) is 47.4 Å². The maximum absolute atomic E-state index is 13.4. The summed E-state index contributed by atoms with van der Waals surface area (Å²) in [4.78, 5) is 19.8. The lowest BCUT2D eigenvalue weighted by Gasteiger charge is -2.12. The highest BCUT2D eigenvalue weighted by Crippen LogP contribution is 2.29. The first-order valence-electron chi connectivity index (χ1n) is 6.23. The Morgan fingerprint density at radius 1 is 1.33 bits per heavy atom. The molecule has 0 aliphatic rings. The zero-order chi connectivity index (χ0) is 15.6. The van der Waals surface area contributed by atoms with Gasteiger partial charge in [-0.3, -0.25) is 4.98 Å². The van der Waals surface area contributed by atoms with E-state index in [0.717, 1.165) is 6.92 Å². The summed E-state index contributed by atoms with van der Waals surface area (Å²) in [5.74, 6) is -3.56. The smallest absolute Gasteiger partial charge is 0.358 e. The van der Waals surface area contributed by atoms with Crippen LogP contribution in [0.3, 0.4) is 0 Å². The number of alkyl halides is 2. The van der Waals surface area contributed by atoms with Gasteiger partial charge in [-0.25, -0.2) is 18.6 Å². The Labute approximate surface area is 120 Å². The van der Waals surface area contributed by atoms with Gasteiger partial charge in [0.05, 0.1) is 24.7 Å². The predicted molar refractivity (Wildman–Crippen MR) is 73.1 cm³/mol. The van der Waals surface area contributed by atoms with Crippen LogP contribution in [0.5, 0.6) is 0 Å². The monoisotopic (exact) mass is 292 g/mol. The van der Waals surface area contributed by atoms with Gasteiger partial charge in [-0.1, -0.05) is 18.2 Å². The Morgan fingerprint density at radius 3 is 2.67 bits per heavy atom. The van der Waals surface area contributed by atoms with Gasteiger partial charge in [0.2, 0.25) is 0 Å². The minimum absolute atomic E-state index is 0.0728. The van der Waals surface area contributed by atoms with E-state index >= 15 is 0 Å². The summed E-state index contributed by atoms with van der Waals surface area (Å²) >= 11 is 0. The van der Waals surface area contributed by atoms with Crippen molar-refractivity contribution in [1.29, 1.82) is 0 Å². The Balaban J connectivity index is 2.50. The van der Waals surface area contributed by atoms with Gasteiger partial charge in [0.15, 0.2) is 5.69 Å². The molecular formula is C15H14F2N2O2. The molecule has 21 heavy (non-hydrogen) atoms. The summed E-state index contributed by atoms with van der Waals surface area (Å²) < 4.78 is 31.4. The van der Waals surface area contributed by atoms with E-state index in [1.165, 1.54) is 31.5 Å². The summed E-state index contributed by atoms with van der Waals surface area (Å²) in [7, 11) is 1.24. The van der Waals surface area contributed by atoms with E-state index in [-0.39, 0.29) is 11.3 Å². The molecule has 0 bridgehead atoms. The van der Waals surface area contributed by atoms with Crippen molar-refractivity contribution in [3.63, 3.8) is 0 Å². The number of nitrogens with zero attached hydrogens (tertiary/aromatic N) is 2. The van der Waals surface area contributed by atoms with Crippen LogP contribution in [0.1, 0.15) is 28.7 Å². The lowest BCUT2D eigenvalue weighted by atomic mass is 10.0. The minimum atomic E-state index is -2.95. The number of hydrogen-bond acceptors (Lipinski definition) is 4. The van der Waals surface area contributed by atoms with E-state index in [9.17, 15) is 13.6 Å². The Kier molecular flexibility index (Phi) is 3.97. The molecule has 6 heteroatoms. The van der Waals surface area contributed by atoms with Crippen molar-refractivity contribution < 1.29 is 18.3 Å². The molecular weight excluding hydrogens is 278 g/mol. The van der Waals surface area contributed by atoms with Gasteiger partial charge >= 0.3 is 5.97 Å². The van der Waals surface area contributed by atoms with Crippen LogP contribution in [0.2, 0.25) is 0 Å². The Bertz CT molecular complexity index is 682. The molecule has 2 rings (SSSR count). The molecule has 0 N–H and O–H groups in total. The second-order valence-electron chi connectivity index (χ2n) is 4.65. The zero-order valence-electron chi connectivity index (χ0n) is 11.9. The number of hydrogen-bond donors (Lipinski definition) is 0. The third kappa shape index (κ3) is 3.21. The van der Waals surface area contributed by atoms with Crippen LogP contribution in [0.25, 0.3) is 11.3 Å². The number of esters is 1. The molecule has 110 valence electrons. The van der Waals surface area contributed by atoms with E-state index in [0.29, 0.717) is 17.0 Å². The molecule has 1 aromatic heterocycles. The molecule has 2 aromatic rings. The summed E-state index contributed by atoms with van der Waals surface area (Å²) in [5.41, 5.74) is 1.17. The molecule has 0 atom stereocenters. The summed E-state index contributed by atoms with van der Waals surface area (Å²) in [6, 6.07) is 5.82. The number of carbonyl (C=O) groups excluding carboxylic acids is 1. The second-order valence-corrected chi connectivity index (χ2v) is 4.65. The molecule has 0 saturated heterocycles. The quantitative estimate of drug-likeness (QED) is 0.814. The maximum atomic E-state index is 13.4. The molecule has 0 radical (unpaired) electrons. The van der Waals surface area contributed by atoms with Crippen LogP contribution >= 0.6 is 0 Å². The van der Waals surface area contributed by atoms with Gasteiger partial charge in [0.1, 0.15) is 0 Å². The van der Waals surface area contributed by atoms with Crippen LogP contribution in [0, 0.1) is 6.92 Å². The van der Waals surface area contributed by atoms with E-state index in [4.69, 9.17) is 0 Å². The van der Waals surface area contributed by atoms with Gasteiger partial charge in [0, 0.05) is 18.1 Å². The largest absolute Gasteiger partial charge is 0.464 e. The Hall–Kier alpha value is -2.37. The van der Waals surface area contributed by atoms with E-state index in [1.54, 1.807) is 13.0 Å². The van der Waals surface area contributed by atoms with E-state index < -0.39 is 11.9 Å². The number of benzene rings is 1. The van der Waals surface area contributed by atoms with Crippen LogP contribution in [0.4, 0.5) is 8.78 Å². The predicted octanol–water partition coefficient (Wildman–Crippen LogP) is 3.35. The minimum Gasteiger partial charge on any atom is -0.464 e. The van der Waals surface area contributed by atoms with Crippen LogP contribution < -0.4 is 0 Å². The molecule has 0 aliphatic heterocycles. The van der Waals surface area contributed by atoms with Crippen LogP contribution in [-0.2, 0) is 10.7 Å². The second kappa shape index (κ2) is 5.55. The average Bonchev–Trinajstić information content (AvgIpc) is 2.46. The molecule has 1 aromatic carbocycles. The SMILES string of the molecule is COC(=O)c1nc(-c2cccc(C(C)(F)F)c2)cnc1C. The highest BCUT2D eigenvalue weighted by atomic mass is 19.3. The lowest BCUT2D eigenvalue weighted by molar-refractivity contribution is 0.0175. The fraction of sp³-hybridized carbons (Fsp3) is 0.267. The zero-order valence-corrected chi connectivity index (χ0v) is 11.9. The third-order valence-electron chi connectivity index (χ3n) is 3.00. The van der Waals surface area contributed by atoms with Crippen molar-refractivity contribution >= 4 is 5.97 Å². The Morgan fingerprint density at radius 2 is 2.05 bits per heavy atom. The number of aryl methyl sites for hydroxylation is 1. The first-order chi connectivity index (χ1) is 9.82. The fourth-order valence-corrected chi connectivity index (χ4v) is 1.83. The van der Waals surface area contributed by atoms with Gasteiger partial charge < -0.3 is 4.74 Å². The molecule has 0 aliphatic carbocycles. The fourth-order valence-electron chi connectivity index (χ4n) is 1.83. The summed E-state index contributed by atoms with van der Waals surface area (Å²) in [5, 5.41) is 0. The highest BCUT2D eigenvalue weighted by molar-refractivity contribution is 5.88. The first-order valence-corrected chi connectivity index (χ1v) is 6.23. The molecule has 0 amide bonds. The van der Waals surface area contributed by atoms with Crippen LogP contribution in [0.15, 0.2) is 30.5 Å². The number of methoxy groups -OCH3 is 1. The van der Waals surface area contributed by atoms with E-state index in [1.807, 2.05) is 0 Å². The van der Waals surface area contributed by atoms with Gasteiger partial charge in [-0.05, 0) is 13.0 Å². The summed E-state index contributed by atoms with van der Waals surface area (Å²) in [6.07, 6.45) is 1.44. The maximum Gasteiger partial charge on any atom is 0.358 e. The van der Waals surface area contributed by atoms with Gasteiger partial charge in [-0.2, -0.15) is 0 Å². The average molecular weight is 292 g/mol. The van der Waals surface area contributed by atoms with Crippen molar-refractivity contribution in [2.24, 2.45) is 0 Å². The summed E-state index contributed by atoms with van der Waals surface area (Å²) in [6.45, 7) is 2.45. The number of ether oxygens (including phenoxy) is 1. The van der Waals surface area contributed by atoms with Gasteiger partial charge in [-0.15, -0.1) is 0 Å². The van der Waals surface area contributed by atoms with Crippen molar-refractivity contribution in [3.8, 4) is 11.3 Å². The highest BCUT2D eigenvalue weighted by Gasteiger charge is 2.24. The number of aromatic nitrogens is 2. The molecule has 4 nitrogen and oxygen atoms in total. The lowest BCUT2D eigenvalue weighted by Crippen LogP contribution is -2.10. The van der Waals surface area contributed by atoms with Crippen molar-refractivity contribution in [2.45, 2.75) is 19.8 Å².